The van der Waals surface area contributed by atoms with Crippen molar-refractivity contribution in [3.05, 3.63) is 114 Å². The summed E-state index contributed by atoms with van der Waals surface area (Å²) in [6.45, 7) is -0.327. The first-order valence-corrected chi connectivity index (χ1v) is 12.9. The van der Waals surface area contributed by atoms with Gasteiger partial charge in [0.1, 0.15) is 0 Å². The fourth-order valence-corrected chi connectivity index (χ4v) is 5.12. The first-order valence-electron chi connectivity index (χ1n) is 11.9. The predicted molar refractivity (Wildman–Crippen MR) is 144 cm³/mol. The van der Waals surface area contributed by atoms with E-state index in [4.69, 9.17) is 9.84 Å². The third kappa shape index (κ3) is 5.66. The van der Waals surface area contributed by atoms with Gasteiger partial charge >= 0.3 is 5.97 Å². The van der Waals surface area contributed by atoms with Gasteiger partial charge in [-0.1, -0.05) is 84.9 Å². The summed E-state index contributed by atoms with van der Waals surface area (Å²) < 4.78 is 5.32. The maximum atomic E-state index is 13.2. The Bertz CT molecular complexity index is 1390. The lowest BCUT2D eigenvalue weighted by atomic mass is 9.97. The van der Waals surface area contributed by atoms with Crippen molar-refractivity contribution in [1.29, 1.82) is 0 Å². The van der Waals surface area contributed by atoms with E-state index in [0.29, 0.717) is 12.2 Å². The molecule has 0 aromatic heterocycles. The molecule has 1 aliphatic rings. The lowest BCUT2D eigenvalue weighted by Gasteiger charge is -2.21. The molecule has 1 aliphatic heterocycles. The number of ether oxygens (including phenoxy) is 1. The van der Waals surface area contributed by atoms with Gasteiger partial charge in [-0.05, 0) is 40.1 Å². The quantitative estimate of drug-likeness (QED) is 0.215. The summed E-state index contributed by atoms with van der Waals surface area (Å²) in [4.78, 5) is 26.5. The van der Waals surface area contributed by atoms with Crippen molar-refractivity contribution in [3.63, 3.8) is 0 Å². The molecule has 4 aromatic rings. The number of fused-ring (bicyclic) bond motifs is 1. The van der Waals surface area contributed by atoms with Crippen LogP contribution in [0.4, 0.5) is 0 Å². The van der Waals surface area contributed by atoms with Crippen molar-refractivity contribution in [2.45, 2.75) is 23.8 Å². The molecule has 5 nitrogen and oxygen atoms in total. The molecule has 0 spiro atoms. The van der Waals surface area contributed by atoms with Crippen LogP contribution in [-0.4, -0.2) is 35.0 Å². The zero-order chi connectivity index (χ0) is 24.7. The fraction of sp³-hybridized carbons (Fsp3) is 0.167. The Kier molecular flexibility index (Phi) is 7.43. The van der Waals surface area contributed by atoms with Crippen molar-refractivity contribution >= 4 is 40.1 Å². The second-order valence-corrected chi connectivity index (χ2v) is 9.72. The van der Waals surface area contributed by atoms with Crippen molar-refractivity contribution in [1.82, 2.24) is 5.01 Å². The van der Waals surface area contributed by atoms with Crippen LogP contribution in [0.15, 0.2) is 113 Å². The number of hydrogen-bond donors (Lipinski definition) is 0. The van der Waals surface area contributed by atoms with Crippen LogP contribution in [0, 0.1) is 0 Å². The Morgan fingerprint density at radius 1 is 0.861 bits per heavy atom. The molecule has 5 rings (SSSR count). The van der Waals surface area contributed by atoms with Crippen molar-refractivity contribution < 1.29 is 14.3 Å². The molecule has 1 atom stereocenters. The Balaban J connectivity index is 1.27. The van der Waals surface area contributed by atoms with E-state index in [2.05, 4.69) is 24.3 Å². The molecule has 0 aliphatic carbocycles. The molecular weight excluding hydrogens is 468 g/mol. The number of rotatable bonds is 8. The summed E-state index contributed by atoms with van der Waals surface area (Å²) in [7, 11) is 0. The van der Waals surface area contributed by atoms with Crippen LogP contribution < -0.4 is 0 Å². The molecule has 1 amide bonds. The lowest BCUT2D eigenvalue weighted by molar-refractivity contribution is -0.152. The summed E-state index contributed by atoms with van der Waals surface area (Å²) in [5, 5.41) is 8.47. The van der Waals surface area contributed by atoms with Gasteiger partial charge in [0.05, 0.1) is 18.2 Å². The number of hydrazone groups is 1. The van der Waals surface area contributed by atoms with Gasteiger partial charge in [-0.3, -0.25) is 9.59 Å². The SMILES string of the molecule is O=C(CCSc1ccccc1)OCC(=O)N1N=C(c2ccc3ccccc3c2)C[C@@H]1c1ccccc1. The molecule has 1 heterocycles. The monoisotopic (exact) mass is 494 g/mol. The zero-order valence-electron chi connectivity index (χ0n) is 19.7. The van der Waals surface area contributed by atoms with E-state index in [1.807, 2.05) is 78.9 Å². The van der Waals surface area contributed by atoms with Crippen LogP contribution in [0.3, 0.4) is 0 Å². The zero-order valence-corrected chi connectivity index (χ0v) is 20.6. The number of esters is 1. The maximum absolute atomic E-state index is 13.2. The third-order valence-corrected chi connectivity index (χ3v) is 7.12. The molecule has 0 saturated heterocycles. The van der Waals surface area contributed by atoms with Gasteiger partial charge in [-0.2, -0.15) is 5.10 Å². The van der Waals surface area contributed by atoms with Crippen molar-refractivity contribution in [2.75, 3.05) is 12.4 Å². The third-order valence-electron chi connectivity index (χ3n) is 6.11. The molecule has 0 N–H and O–H groups in total. The maximum Gasteiger partial charge on any atom is 0.307 e. The minimum Gasteiger partial charge on any atom is -0.455 e. The molecule has 0 unspecified atom stereocenters. The number of carbonyl (C=O) groups is 2. The number of hydrogen-bond acceptors (Lipinski definition) is 5. The minimum atomic E-state index is -0.388. The van der Waals surface area contributed by atoms with E-state index < -0.39 is 0 Å². The van der Waals surface area contributed by atoms with Crippen LogP contribution in [0.2, 0.25) is 0 Å². The van der Waals surface area contributed by atoms with Crippen molar-refractivity contribution in [2.24, 2.45) is 5.10 Å². The summed E-state index contributed by atoms with van der Waals surface area (Å²) >= 11 is 1.59. The van der Waals surface area contributed by atoms with Gasteiger partial charge < -0.3 is 4.74 Å². The molecule has 4 aromatic carbocycles. The predicted octanol–water partition coefficient (Wildman–Crippen LogP) is 6.24. The van der Waals surface area contributed by atoms with Crippen LogP contribution in [-0.2, 0) is 14.3 Å². The van der Waals surface area contributed by atoms with E-state index >= 15 is 0 Å². The average molecular weight is 495 g/mol. The van der Waals surface area contributed by atoms with E-state index in [1.165, 1.54) is 5.01 Å². The van der Waals surface area contributed by atoms with E-state index in [1.54, 1.807) is 11.8 Å². The van der Waals surface area contributed by atoms with Gasteiger partial charge in [-0.25, -0.2) is 5.01 Å². The minimum absolute atomic E-state index is 0.237. The molecular formula is C30H26N2O3S. The lowest BCUT2D eigenvalue weighted by Crippen LogP contribution is -2.31. The molecule has 180 valence electrons. The first kappa shape index (κ1) is 23.8. The van der Waals surface area contributed by atoms with Gasteiger partial charge in [0, 0.05) is 17.1 Å². The van der Waals surface area contributed by atoms with E-state index in [-0.39, 0.29) is 30.9 Å². The van der Waals surface area contributed by atoms with Crippen LogP contribution in [0.1, 0.15) is 30.0 Å². The average Bonchev–Trinajstić information content (AvgIpc) is 3.38. The van der Waals surface area contributed by atoms with Crippen LogP contribution in [0.25, 0.3) is 10.8 Å². The standard InChI is InChI=1S/C30H26N2O3S/c33-29(21-35-30(34)17-18-36-26-13-5-2-6-14-26)32-28(23-10-3-1-4-11-23)20-27(31-32)25-16-15-22-9-7-8-12-24(22)19-25/h1-16,19,28H,17-18,20-21H2/t28-/m1/s1. The number of carbonyl (C=O) groups excluding carboxylic acids is 2. The number of nitrogens with zero attached hydrogens (tertiary/aromatic N) is 2. The largest absolute Gasteiger partial charge is 0.455 e. The highest BCUT2D eigenvalue weighted by molar-refractivity contribution is 7.99. The summed E-state index contributed by atoms with van der Waals surface area (Å²) in [6, 6.07) is 33.9. The molecule has 0 radical (unpaired) electrons. The molecule has 0 saturated carbocycles. The Morgan fingerprint density at radius 2 is 1.56 bits per heavy atom. The highest BCUT2D eigenvalue weighted by atomic mass is 32.2. The summed E-state index contributed by atoms with van der Waals surface area (Å²) in [5.74, 6) is -0.123. The second kappa shape index (κ2) is 11.2. The van der Waals surface area contributed by atoms with Gasteiger partial charge in [0.25, 0.3) is 5.91 Å². The van der Waals surface area contributed by atoms with Gasteiger partial charge in [0.15, 0.2) is 6.61 Å². The summed E-state index contributed by atoms with van der Waals surface area (Å²) in [5.41, 5.74) is 2.82. The Hall–Kier alpha value is -3.90. The number of thioether (sulfide) groups is 1. The van der Waals surface area contributed by atoms with Gasteiger partial charge in [0.2, 0.25) is 0 Å². The second-order valence-electron chi connectivity index (χ2n) is 8.55. The molecule has 0 fully saturated rings. The Labute approximate surface area is 214 Å². The topological polar surface area (TPSA) is 59.0 Å². The van der Waals surface area contributed by atoms with Crippen LogP contribution >= 0.6 is 11.8 Å². The normalized spacial score (nSPS) is 15.1. The fourth-order valence-electron chi connectivity index (χ4n) is 4.27. The molecule has 0 bridgehead atoms. The Morgan fingerprint density at radius 3 is 2.33 bits per heavy atom. The first-order chi connectivity index (χ1) is 17.7. The number of benzene rings is 4. The number of amides is 1. The van der Waals surface area contributed by atoms with Gasteiger partial charge in [-0.15, -0.1) is 11.8 Å². The van der Waals surface area contributed by atoms with E-state index in [9.17, 15) is 9.59 Å². The molecule has 36 heavy (non-hydrogen) atoms. The van der Waals surface area contributed by atoms with Crippen LogP contribution in [0.5, 0.6) is 0 Å². The highest BCUT2D eigenvalue weighted by Crippen LogP contribution is 2.33. The summed E-state index contributed by atoms with van der Waals surface area (Å²) in [6.07, 6.45) is 0.830. The smallest absolute Gasteiger partial charge is 0.307 e. The van der Waals surface area contributed by atoms with Crippen molar-refractivity contribution in [3.8, 4) is 0 Å². The van der Waals surface area contributed by atoms with E-state index in [0.717, 1.165) is 32.5 Å². The molecule has 6 heteroatoms. The highest BCUT2D eigenvalue weighted by Gasteiger charge is 2.33.